The van der Waals surface area contributed by atoms with Gasteiger partial charge in [0.15, 0.2) is 0 Å². The third-order valence-electron chi connectivity index (χ3n) is 2.90. The highest BCUT2D eigenvalue weighted by Crippen LogP contribution is 2.35. The number of carbonyl (C=O) groups excluding carboxylic acids is 1. The van der Waals surface area contributed by atoms with Gasteiger partial charge in [0.2, 0.25) is 0 Å². The minimum absolute atomic E-state index is 0.0194. The Labute approximate surface area is 126 Å². The third kappa shape index (κ3) is 3.23. The number of amides is 1. The topological polar surface area (TPSA) is 64.3 Å². The van der Waals surface area contributed by atoms with Crippen molar-refractivity contribution in [1.82, 2.24) is 5.32 Å². The van der Waals surface area contributed by atoms with Crippen molar-refractivity contribution in [2.45, 2.75) is 20.0 Å². The fraction of sp³-hybridized carbons (Fsp3) is 0.357. The molecule has 108 valence electrons. The smallest absolute Gasteiger partial charge is 0.263 e. The first kappa shape index (κ1) is 15.1. The van der Waals surface area contributed by atoms with E-state index in [9.17, 15) is 4.79 Å². The minimum Gasteiger partial charge on any atom is -0.397 e. The van der Waals surface area contributed by atoms with Crippen molar-refractivity contribution in [2.75, 3.05) is 18.9 Å². The number of fused-ring (bicyclic) bond motifs is 1. The first-order valence-corrected chi connectivity index (χ1v) is 7.59. The van der Waals surface area contributed by atoms with Crippen LogP contribution in [-0.2, 0) is 4.74 Å². The summed E-state index contributed by atoms with van der Waals surface area (Å²) < 4.78 is 6.29. The van der Waals surface area contributed by atoms with Crippen LogP contribution in [-0.4, -0.2) is 25.2 Å². The van der Waals surface area contributed by atoms with Crippen LogP contribution in [0.5, 0.6) is 0 Å². The quantitative estimate of drug-likeness (QED) is 0.890. The van der Waals surface area contributed by atoms with Crippen LogP contribution in [0.2, 0.25) is 5.02 Å². The van der Waals surface area contributed by atoms with Crippen LogP contribution < -0.4 is 11.1 Å². The van der Waals surface area contributed by atoms with Crippen molar-refractivity contribution < 1.29 is 9.53 Å². The minimum atomic E-state index is -0.175. The number of nitrogens with two attached hydrogens (primary N) is 1. The lowest BCUT2D eigenvalue weighted by molar-refractivity contribution is 0.0697. The Morgan fingerprint density at radius 1 is 1.55 bits per heavy atom. The number of halogens is 1. The number of nitrogens with one attached hydrogen (secondary N) is 1. The maximum absolute atomic E-state index is 12.2. The zero-order valence-electron chi connectivity index (χ0n) is 11.4. The summed E-state index contributed by atoms with van der Waals surface area (Å²) >= 11 is 7.29. The lowest BCUT2D eigenvalue weighted by Gasteiger charge is -2.12. The number of nitrogen functional groups attached to an aromatic ring is 1. The van der Waals surface area contributed by atoms with Crippen LogP contribution in [0.1, 0.15) is 23.5 Å². The van der Waals surface area contributed by atoms with Crippen LogP contribution in [0.25, 0.3) is 10.1 Å². The molecule has 0 saturated carbocycles. The molecule has 2 aromatic rings. The highest BCUT2D eigenvalue weighted by molar-refractivity contribution is 7.21. The van der Waals surface area contributed by atoms with E-state index in [0.29, 0.717) is 28.7 Å². The fourth-order valence-electron chi connectivity index (χ4n) is 1.92. The Kier molecular flexibility index (Phi) is 4.86. The second-order valence-electron chi connectivity index (χ2n) is 4.46. The molecule has 4 nitrogen and oxygen atoms in total. The van der Waals surface area contributed by atoms with Gasteiger partial charge in [0, 0.05) is 28.3 Å². The Morgan fingerprint density at radius 3 is 3.00 bits per heavy atom. The van der Waals surface area contributed by atoms with Gasteiger partial charge in [0.1, 0.15) is 4.88 Å². The SMILES string of the molecule is CCOC(C)CNC(=O)c1sc2cc(Cl)ccc2c1N. The van der Waals surface area contributed by atoms with Crippen LogP contribution in [0, 0.1) is 0 Å². The van der Waals surface area contributed by atoms with E-state index in [1.54, 1.807) is 6.07 Å². The first-order valence-electron chi connectivity index (χ1n) is 6.40. The fourth-order valence-corrected chi connectivity index (χ4v) is 3.23. The summed E-state index contributed by atoms with van der Waals surface area (Å²) in [4.78, 5) is 12.7. The second kappa shape index (κ2) is 6.43. The van der Waals surface area contributed by atoms with Gasteiger partial charge in [-0.25, -0.2) is 0 Å². The molecule has 0 radical (unpaired) electrons. The monoisotopic (exact) mass is 312 g/mol. The number of hydrogen-bond donors (Lipinski definition) is 2. The number of benzene rings is 1. The molecule has 0 aliphatic carbocycles. The van der Waals surface area contributed by atoms with Gasteiger partial charge in [-0.2, -0.15) is 0 Å². The molecule has 1 heterocycles. The predicted molar refractivity (Wildman–Crippen MR) is 84.7 cm³/mol. The summed E-state index contributed by atoms with van der Waals surface area (Å²) in [6.07, 6.45) is -0.0194. The lowest BCUT2D eigenvalue weighted by Crippen LogP contribution is -2.32. The van der Waals surface area contributed by atoms with Crippen LogP contribution in [0.3, 0.4) is 0 Å². The number of hydrogen-bond acceptors (Lipinski definition) is 4. The average Bonchev–Trinajstić information content (AvgIpc) is 2.73. The Bertz CT molecular complexity index is 627. The van der Waals surface area contributed by atoms with Gasteiger partial charge in [0.25, 0.3) is 5.91 Å². The van der Waals surface area contributed by atoms with E-state index in [1.807, 2.05) is 26.0 Å². The molecule has 1 amide bonds. The van der Waals surface area contributed by atoms with Gasteiger partial charge in [0.05, 0.1) is 11.8 Å². The number of rotatable bonds is 5. The van der Waals surface area contributed by atoms with Crippen molar-refractivity contribution in [2.24, 2.45) is 0 Å². The lowest BCUT2D eigenvalue weighted by atomic mass is 10.2. The van der Waals surface area contributed by atoms with E-state index in [4.69, 9.17) is 22.1 Å². The summed E-state index contributed by atoms with van der Waals surface area (Å²) in [5.41, 5.74) is 6.53. The molecule has 2 rings (SSSR count). The number of carbonyl (C=O) groups is 1. The normalized spacial score (nSPS) is 12.6. The van der Waals surface area contributed by atoms with Gasteiger partial charge in [-0.05, 0) is 32.0 Å². The van der Waals surface area contributed by atoms with Gasteiger partial charge in [-0.1, -0.05) is 11.6 Å². The largest absolute Gasteiger partial charge is 0.397 e. The first-order chi connectivity index (χ1) is 9.52. The van der Waals surface area contributed by atoms with E-state index in [2.05, 4.69) is 5.32 Å². The van der Waals surface area contributed by atoms with Gasteiger partial charge >= 0.3 is 0 Å². The molecule has 0 saturated heterocycles. The van der Waals surface area contributed by atoms with Gasteiger partial charge < -0.3 is 15.8 Å². The molecule has 0 bridgehead atoms. The summed E-state index contributed by atoms with van der Waals surface area (Å²) in [6, 6.07) is 5.42. The molecule has 1 atom stereocenters. The standard InChI is InChI=1S/C14H17ClN2O2S/c1-3-19-8(2)7-17-14(18)13-12(16)10-5-4-9(15)6-11(10)20-13/h4-6,8H,3,7,16H2,1-2H3,(H,17,18). The molecular formula is C14H17ClN2O2S. The van der Waals surface area contributed by atoms with Gasteiger partial charge in [-0.15, -0.1) is 11.3 Å². The van der Waals surface area contributed by atoms with Crippen LogP contribution >= 0.6 is 22.9 Å². The molecule has 20 heavy (non-hydrogen) atoms. The predicted octanol–water partition coefficient (Wildman–Crippen LogP) is 3.29. The van der Waals surface area contributed by atoms with Gasteiger partial charge in [-0.3, -0.25) is 4.79 Å². The highest BCUT2D eigenvalue weighted by Gasteiger charge is 2.17. The maximum Gasteiger partial charge on any atom is 0.263 e. The number of thiophene rings is 1. The van der Waals surface area contributed by atoms with Crippen molar-refractivity contribution in [3.63, 3.8) is 0 Å². The van der Waals surface area contributed by atoms with E-state index in [0.717, 1.165) is 10.1 Å². The molecule has 3 N–H and O–H groups in total. The van der Waals surface area contributed by atoms with Crippen LogP contribution in [0.4, 0.5) is 5.69 Å². The van der Waals surface area contributed by atoms with E-state index in [-0.39, 0.29) is 12.0 Å². The molecule has 6 heteroatoms. The van der Waals surface area contributed by atoms with E-state index < -0.39 is 0 Å². The Hall–Kier alpha value is -1.30. The summed E-state index contributed by atoms with van der Waals surface area (Å²) in [6.45, 7) is 4.92. The number of ether oxygens (including phenoxy) is 1. The maximum atomic E-state index is 12.2. The molecule has 0 aliphatic heterocycles. The molecule has 0 spiro atoms. The van der Waals surface area contributed by atoms with Crippen molar-refractivity contribution in [1.29, 1.82) is 0 Å². The molecule has 1 aromatic carbocycles. The molecule has 1 unspecified atom stereocenters. The van der Waals surface area contributed by atoms with Crippen molar-refractivity contribution in [3.8, 4) is 0 Å². The Balaban J connectivity index is 2.16. The summed E-state index contributed by atoms with van der Waals surface area (Å²) in [5, 5.41) is 4.33. The van der Waals surface area contributed by atoms with Crippen LogP contribution in [0.15, 0.2) is 18.2 Å². The molecule has 1 aromatic heterocycles. The zero-order valence-corrected chi connectivity index (χ0v) is 13.0. The summed E-state index contributed by atoms with van der Waals surface area (Å²) in [7, 11) is 0. The average molecular weight is 313 g/mol. The third-order valence-corrected chi connectivity index (χ3v) is 4.30. The molecular weight excluding hydrogens is 296 g/mol. The molecule has 0 fully saturated rings. The molecule has 0 aliphatic rings. The Morgan fingerprint density at radius 2 is 2.30 bits per heavy atom. The zero-order chi connectivity index (χ0) is 14.7. The summed E-state index contributed by atoms with van der Waals surface area (Å²) in [5.74, 6) is -0.175. The second-order valence-corrected chi connectivity index (χ2v) is 5.95. The van der Waals surface area contributed by atoms with Crippen molar-refractivity contribution in [3.05, 3.63) is 28.1 Å². The van der Waals surface area contributed by atoms with E-state index in [1.165, 1.54) is 11.3 Å². The highest BCUT2D eigenvalue weighted by atomic mass is 35.5. The van der Waals surface area contributed by atoms with E-state index >= 15 is 0 Å². The number of anilines is 1. The van der Waals surface area contributed by atoms with Crippen molar-refractivity contribution >= 4 is 44.6 Å².